The molecule has 3 aliphatic heterocycles. The highest BCUT2D eigenvalue weighted by Crippen LogP contribution is 2.39. The molecule has 0 radical (unpaired) electrons. The van der Waals surface area contributed by atoms with Crippen molar-refractivity contribution in [2.45, 2.75) is 25.1 Å². The van der Waals surface area contributed by atoms with Crippen LogP contribution in [0.2, 0.25) is 0 Å². The third-order valence-corrected chi connectivity index (χ3v) is 7.63. The fourth-order valence-electron chi connectivity index (χ4n) is 5.63. The second kappa shape index (κ2) is 9.38. The first kappa shape index (κ1) is 24.3. The van der Waals surface area contributed by atoms with Crippen LogP contribution in [0.1, 0.15) is 38.5 Å². The van der Waals surface area contributed by atoms with Gasteiger partial charge in [0.05, 0.1) is 11.5 Å². The van der Waals surface area contributed by atoms with Gasteiger partial charge in [-0.2, -0.15) is 13.2 Å². The molecule has 0 aromatic heterocycles. The molecule has 0 unspecified atom stereocenters. The third kappa shape index (κ3) is 4.46. The van der Waals surface area contributed by atoms with Crippen LogP contribution >= 0.6 is 0 Å². The van der Waals surface area contributed by atoms with Crippen LogP contribution in [0.25, 0.3) is 0 Å². The number of alkyl halides is 3. The van der Waals surface area contributed by atoms with E-state index in [0.717, 1.165) is 17.7 Å². The van der Waals surface area contributed by atoms with Crippen molar-refractivity contribution in [2.75, 3.05) is 26.4 Å². The molecule has 0 aliphatic carbocycles. The zero-order valence-electron chi connectivity index (χ0n) is 20.4. The maximum atomic E-state index is 13.9. The van der Waals surface area contributed by atoms with Gasteiger partial charge in [0.25, 0.3) is 5.91 Å². The fourth-order valence-corrected chi connectivity index (χ4v) is 5.63. The molecule has 9 heteroatoms. The fraction of sp³-hybridized carbons (Fsp3) is 0.310. The minimum Gasteiger partial charge on any atom is -0.454 e. The van der Waals surface area contributed by atoms with E-state index in [1.54, 1.807) is 34.1 Å². The maximum absolute atomic E-state index is 13.9. The average molecular weight is 523 g/mol. The van der Waals surface area contributed by atoms with Gasteiger partial charge in [0.15, 0.2) is 11.5 Å². The first-order valence-corrected chi connectivity index (χ1v) is 12.5. The Labute approximate surface area is 217 Å². The van der Waals surface area contributed by atoms with Gasteiger partial charge < -0.3 is 19.3 Å². The van der Waals surface area contributed by atoms with E-state index in [2.05, 4.69) is 0 Å². The molecule has 3 aliphatic rings. The molecular weight excluding hydrogens is 497 g/mol. The summed E-state index contributed by atoms with van der Waals surface area (Å²) < 4.78 is 51.3. The Balaban J connectivity index is 1.30. The largest absolute Gasteiger partial charge is 0.454 e. The lowest BCUT2D eigenvalue weighted by Gasteiger charge is -2.32. The van der Waals surface area contributed by atoms with Crippen molar-refractivity contribution >= 4 is 11.8 Å². The summed E-state index contributed by atoms with van der Waals surface area (Å²) in [6, 6.07) is 17.9. The van der Waals surface area contributed by atoms with E-state index in [1.165, 1.54) is 11.6 Å². The minimum absolute atomic E-state index is 0.0733. The molecule has 0 spiro atoms. The molecule has 1 saturated heterocycles. The third-order valence-electron chi connectivity index (χ3n) is 7.63. The molecule has 0 saturated carbocycles. The summed E-state index contributed by atoms with van der Waals surface area (Å²) in [5.74, 6) is -0.684. The van der Waals surface area contributed by atoms with E-state index in [1.807, 2.05) is 24.3 Å². The van der Waals surface area contributed by atoms with E-state index >= 15 is 0 Å². The molecule has 196 valence electrons. The molecule has 3 aromatic carbocycles. The second-order valence-electron chi connectivity index (χ2n) is 9.89. The van der Waals surface area contributed by atoms with Crippen LogP contribution in [0.4, 0.5) is 13.2 Å². The summed E-state index contributed by atoms with van der Waals surface area (Å²) in [5.41, 5.74) is 2.26. The molecule has 0 N–H and O–H groups in total. The lowest BCUT2D eigenvalue weighted by atomic mass is 9.86. The number of hydrogen-bond acceptors (Lipinski definition) is 4. The highest BCUT2D eigenvalue weighted by atomic mass is 19.4. The Kier molecular flexibility index (Phi) is 6.01. The van der Waals surface area contributed by atoms with E-state index in [9.17, 15) is 22.8 Å². The lowest BCUT2D eigenvalue weighted by Crippen LogP contribution is -2.42. The zero-order chi connectivity index (χ0) is 26.4. The standard InChI is InChI=1S/C29H25F3N2O4/c30-29(31,32)22-7-3-6-19(12-22)23-15-34(27(35)20-8-9-25-26(13-20)38-17-37-25)16-24(23)28(36)33-11-10-18-4-1-2-5-21(18)14-33/h1-9,12-13,23-24H,10-11,14-17H2/t23-,24-/m1/s1. The van der Waals surface area contributed by atoms with Gasteiger partial charge in [0.1, 0.15) is 0 Å². The van der Waals surface area contributed by atoms with Gasteiger partial charge in [-0.1, -0.05) is 42.5 Å². The Morgan fingerprint density at radius 3 is 2.45 bits per heavy atom. The molecule has 6 nitrogen and oxygen atoms in total. The number of carbonyl (C=O) groups is 2. The quantitative estimate of drug-likeness (QED) is 0.492. The number of nitrogens with zero attached hydrogens (tertiary/aromatic N) is 2. The molecule has 38 heavy (non-hydrogen) atoms. The van der Waals surface area contributed by atoms with Gasteiger partial charge in [-0.05, 0) is 47.4 Å². The smallest absolute Gasteiger partial charge is 0.416 e. The zero-order valence-corrected chi connectivity index (χ0v) is 20.4. The molecule has 1 fully saturated rings. The summed E-state index contributed by atoms with van der Waals surface area (Å²) in [7, 11) is 0. The number of carbonyl (C=O) groups excluding carboxylic acids is 2. The first-order chi connectivity index (χ1) is 18.3. The van der Waals surface area contributed by atoms with Crippen molar-refractivity contribution < 1.29 is 32.2 Å². The summed E-state index contributed by atoms with van der Waals surface area (Å²) in [6.07, 6.45) is -3.80. The van der Waals surface area contributed by atoms with Crippen molar-refractivity contribution in [3.8, 4) is 11.5 Å². The predicted octanol–water partition coefficient (Wildman–Crippen LogP) is 4.87. The summed E-state index contributed by atoms with van der Waals surface area (Å²) in [4.78, 5) is 30.7. The second-order valence-corrected chi connectivity index (χ2v) is 9.89. The van der Waals surface area contributed by atoms with Crippen LogP contribution in [0.5, 0.6) is 11.5 Å². The number of rotatable bonds is 3. The van der Waals surface area contributed by atoms with Crippen molar-refractivity contribution in [1.29, 1.82) is 0 Å². The van der Waals surface area contributed by atoms with Gasteiger partial charge in [-0.3, -0.25) is 9.59 Å². The number of ether oxygens (including phenoxy) is 2. The molecule has 3 aromatic rings. The Morgan fingerprint density at radius 2 is 1.63 bits per heavy atom. The van der Waals surface area contributed by atoms with Crippen LogP contribution in [0.15, 0.2) is 66.7 Å². The maximum Gasteiger partial charge on any atom is 0.416 e. The molecule has 0 bridgehead atoms. The number of likely N-dealkylation sites (tertiary alicyclic amines) is 1. The van der Waals surface area contributed by atoms with Gasteiger partial charge in [-0.15, -0.1) is 0 Å². The molecular formula is C29H25F3N2O4. The van der Waals surface area contributed by atoms with Crippen molar-refractivity contribution in [3.63, 3.8) is 0 Å². The molecule has 2 amide bonds. The Hall–Kier alpha value is -4.01. The normalized spacial score (nSPS) is 20.4. The van der Waals surface area contributed by atoms with E-state index < -0.39 is 23.6 Å². The number of benzene rings is 3. The van der Waals surface area contributed by atoms with Gasteiger partial charge in [0, 0.05) is 37.7 Å². The van der Waals surface area contributed by atoms with E-state index in [0.29, 0.717) is 42.1 Å². The van der Waals surface area contributed by atoms with Crippen LogP contribution in [0.3, 0.4) is 0 Å². The van der Waals surface area contributed by atoms with Gasteiger partial charge in [-0.25, -0.2) is 0 Å². The van der Waals surface area contributed by atoms with Crippen molar-refractivity contribution in [3.05, 3.63) is 94.5 Å². The number of fused-ring (bicyclic) bond motifs is 2. The summed E-state index contributed by atoms with van der Waals surface area (Å²) >= 11 is 0. The molecule has 2 atom stereocenters. The van der Waals surface area contributed by atoms with Crippen LogP contribution < -0.4 is 9.47 Å². The minimum atomic E-state index is -4.51. The topological polar surface area (TPSA) is 59.1 Å². The van der Waals surface area contributed by atoms with Gasteiger partial charge >= 0.3 is 6.18 Å². The van der Waals surface area contributed by atoms with E-state index in [4.69, 9.17) is 9.47 Å². The number of amides is 2. The van der Waals surface area contributed by atoms with Crippen molar-refractivity contribution in [2.24, 2.45) is 5.92 Å². The number of hydrogen-bond donors (Lipinski definition) is 0. The first-order valence-electron chi connectivity index (χ1n) is 12.5. The SMILES string of the molecule is O=C(c1ccc2c(c1)OCO2)N1C[C@H](c2cccc(C(F)(F)F)c2)[C@H](C(=O)N2CCc3ccccc3C2)C1. The molecule has 6 rings (SSSR count). The van der Waals surface area contributed by atoms with Crippen molar-refractivity contribution in [1.82, 2.24) is 9.80 Å². The van der Waals surface area contributed by atoms with Crippen LogP contribution in [-0.4, -0.2) is 48.0 Å². The monoisotopic (exact) mass is 522 g/mol. The highest BCUT2D eigenvalue weighted by Gasteiger charge is 2.43. The highest BCUT2D eigenvalue weighted by molar-refractivity contribution is 5.96. The Bertz CT molecular complexity index is 1410. The number of halogens is 3. The summed E-state index contributed by atoms with van der Waals surface area (Å²) in [6.45, 7) is 1.29. The summed E-state index contributed by atoms with van der Waals surface area (Å²) in [5, 5.41) is 0. The predicted molar refractivity (Wildman–Crippen MR) is 132 cm³/mol. The molecule has 3 heterocycles. The van der Waals surface area contributed by atoms with E-state index in [-0.39, 0.29) is 31.7 Å². The average Bonchev–Trinajstić information content (AvgIpc) is 3.59. The lowest BCUT2D eigenvalue weighted by molar-refractivity contribution is -0.137. The van der Waals surface area contributed by atoms with Gasteiger partial charge in [0.2, 0.25) is 12.7 Å². The Morgan fingerprint density at radius 1 is 0.842 bits per heavy atom. The van der Waals surface area contributed by atoms with Crippen LogP contribution in [-0.2, 0) is 23.9 Å². The van der Waals surface area contributed by atoms with Crippen LogP contribution in [0, 0.1) is 5.92 Å².